The molecule has 3 amide bonds. The number of nitrogens with one attached hydrogen (secondary N) is 2. The zero-order valence-electron chi connectivity index (χ0n) is 19.5. The van der Waals surface area contributed by atoms with Crippen molar-refractivity contribution in [2.45, 2.75) is 11.8 Å². The van der Waals surface area contributed by atoms with Crippen LogP contribution in [0.15, 0.2) is 106 Å². The molecule has 0 atom stereocenters. The van der Waals surface area contributed by atoms with Crippen LogP contribution in [0.25, 0.3) is 0 Å². The first-order chi connectivity index (χ1) is 17.9. The van der Waals surface area contributed by atoms with E-state index in [4.69, 9.17) is 0 Å². The van der Waals surface area contributed by atoms with Gasteiger partial charge in [-0.2, -0.15) is 0 Å². The average Bonchev–Trinajstić information content (AvgIpc) is 3.51. The molecule has 9 heteroatoms. The molecule has 2 N–H and O–H groups in total. The molecule has 37 heavy (non-hydrogen) atoms. The van der Waals surface area contributed by atoms with Crippen LogP contribution in [-0.2, 0) is 9.59 Å². The van der Waals surface area contributed by atoms with Crippen molar-refractivity contribution in [2.75, 3.05) is 15.5 Å². The fourth-order valence-electron chi connectivity index (χ4n) is 3.65. The van der Waals surface area contributed by atoms with Crippen molar-refractivity contribution in [1.82, 2.24) is 0 Å². The van der Waals surface area contributed by atoms with E-state index in [0.29, 0.717) is 26.8 Å². The topological polar surface area (TPSA) is 78.5 Å². The Labute approximate surface area is 220 Å². The molecular formula is C28H20FN3O3S2. The molecule has 0 bridgehead atoms. The Balaban J connectivity index is 1.42. The zero-order valence-corrected chi connectivity index (χ0v) is 21.2. The molecule has 1 aliphatic heterocycles. The highest BCUT2D eigenvalue weighted by Crippen LogP contribution is 2.38. The maximum Gasteiger partial charge on any atom is 0.283 e. The van der Waals surface area contributed by atoms with Gasteiger partial charge in [-0.25, -0.2) is 9.29 Å². The highest BCUT2D eigenvalue weighted by molar-refractivity contribution is 8.04. The number of thiophene rings is 1. The van der Waals surface area contributed by atoms with Gasteiger partial charge >= 0.3 is 0 Å². The second-order valence-electron chi connectivity index (χ2n) is 8.18. The molecular weight excluding hydrogens is 509 g/mol. The van der Waals surface area contributed by atoms with E-state index in [2.05, 4.69) is 10.6 Å². The molecule has 184 valence electrons. The Hall–Kier alpha value is -4.21. The van der Waals surface area contributed by atoms with Crippen molar-refractivity contribution in [3.63, 3.8) is 0 Å². The Morgan fingerprint density at radius 1 is 0.865 bits per heavy atom. The van der Waals surface area contributed by atoms with E-state index in [-0.39, 0.29) is 16.5 Å². The molecule has 2 heterocycles. The minimum absolute atomic E-state index is 0.109. The number of carbonyl (C=O) groups excluding carboxylic acids is 3. The predicted molar refractivity (Wildman–Crippen MR) is 145 cm³/mol. The molecule has 5 rings (SSSR count). The van der Waals surface area contributed by atoms with E-state index in [1.165, 1.54) is 35.6 Å². The van der Waals surface area contributed by atoms with E-state index < -0.39 is 17.6 Å². The van der Waals surface area contributed by atoms with Gasteiger partial charge in [0.1, 0.15) is 16.4 Å². The molecule has 0 unspecified atom stereocenters. The van der Waals surface area contributed by atoms with E-state index in [0.717, 1.165) is 22.2 Å². The van der Waals surface area contributed by atoms with E-state index in [9.17, 15) is 18.8 Å². The number of amides is 3. The number of rotatable bonds is 7. The molecule has 1 aromatic heterocycles. The molecule has 4 aromatic rings. The van der Waals surface area contributed by atoms with Crippen LogP contribution < -0.4 is 15.5 Å². The Kier molecular flexibility index (Phi) is 6.89. The van der Waals surface area contributed by atoms with Gasteiger partial charge in [0.25, 0.3) is 17.7 Å². The zero-order chi connectivity index (χ0) is 25.9. The van der Waals surface area contributed by atoms with Crippen molar-refractivity contribution < 1.29 is 18.8 Å². The van der Waals surface area contributed by atoms with Gasteiger partial charge in [-0.05, 0) is 79.0 Å². The summed E-state index contributed by atoms with van der Waals surface area (Å²) in [5, 5.41) is 7.68. The summed E-state index contributed by atoms with van der Waals surface area (Å²) >= 11 is 2.49. The molecule has 0 aliphatic carbocycles. The third-order valence-electron chi connectivity index (χ3n) is 5.52. The summed E-state index contributed by atoms with van der Waals surface area (Å²) in [7, 11) is 0. The molecule has 6 nitrogen and oxygen atoms in total. The van der Waals surface area contributed by atoms with Crippen LogP contribution in [-0.4, -0.2) is 17.7 Å². The van der Waals surface area contributed by atoms with Gasteiger partial charge in [0.2, 0.25) is 0 Å². The molecule has 3 aromatic carbocycles. The Bertz CT molecular complexity index is 1500. The minimum Gasteiger partial charge on any atom is -0.350 e. The van der Waals surface area contributed by atoms with Crippen LogP contribution in [0.5, 0.6) is 0 Å². The second-order valence-corrected chi connectivity index (χ2v) is 10.2. The number of halogens is 1. The van der Waals surface area contributed by atoms with Gasteiger partial charge in [-0.3, -0.25) is 14.4 Å². The number of anilines is 3. The predicted octanol–water partition coefficient (Wildman–Crippen LogP) is 6.44. The van der Waals surface area contributed by atoms with E-state index in [1.54, 1.807) is 42.5 Å². The molecule has 0 radical (unpaired) electrons. The highest BCUT2D eigenvalue weighted by Gasteiger charge is 2.40. The van der Waals surface area contributed by atoms with Gasteiger partial charge in [-0.1, -0.05) is 35.5 Å². The van der Waals surface area contributed by atoms with Gasteiger partial charge < -0.3 is 10.6 Å². The van der Waals surface area contributed by atoms with E-state index in [1.807, 2.05) is 30.5 Å². The quantitative estimate of drug-likeness (QED) is 0.270. The van der Waals surface area contributed by atoms with Crippen LogP contribution in [0.1, 0.15) is 15.2 Å². The molecule has 0 fully saturated rings. The fraction of sp³-hybridized carbons (Fsp3) is 0.0357. The van der Waals surface area contributed by atoms with Crippen LogP contribution in [0, 0.1) is 12.7 Å². The molecule has 0 saturated heterocycles. The summed E-state index contributed by atoms with van der Waals surface area (Å²) in [4.78, 5) is 41.8. The van der Waals surface area contributed by atoms with Crippen LogP contribution >= 0.6 is 23.1 Å². The van der Waals surface area contributed by atoms with Crippen LogP contribution in [0.2, 0.25) is 0 Å². The smallest absolute Gasteiger partial charge is 0.283 e. The lowest BCUT2D eigenvalue weighted by Gasteiger charge is -2.15. The number of thioether (sulfide) groups is 1. The number of carbonyl (C=O) groups is 3. The van der Waals surface area contributed by atoms with Crippen molar-refractivity contribution in [1.29, 1.82) is 0 Å². The fourth-order valence-corrected chi connectivity index (χ4v) is 5.19. The van der Waals surface area contributed by atoms with Crippen LogP contribution in [0.3, 0.4) is 0 Å². The summed E-state index contributed by atoms with van der Waals surface area (Å²) in [6, 6.07) is 23.2. The monoisotopic (exact) mass is 529 g/mol. The summed E-state index contributed by atoms with van der Waals surface area (Å²) < 4.78 is 13.4. The lowest BCUT2D eigenvalue weighted by atomic mass is 10.2. The first-order valence-electron chi connectivity index (χ1n) is 11.2. The lowest BCUT2D eigenvalue weighted by molar-refractivity contribution is -0.120. The number of hydrogen-bond acceptors (Lipinski definition) is 6. The highest BCUT2D eigenvalue weighted by atomic mass is 32.2. The maximum absolute atomic E-state index is 13.5. The summed E-state index contributed by atoms with van der Waals surface area (Å²) in [6.45, 7) is 1.92. The average molecular weight is 530 g/mol. The number of imide groups is 1. The molecule has 0 saturated carbocycles. The number of benzene rings is 3. The lowest BCUT2D eigenvalue weighted by Crippen LogP contribution is -2.32. The largest absolute Gasteiger partial charge is 0.350 e. The van der Waals surface area contributed by atoms with Crippen molar-refractivity contribution >= 4 is 57.9 Å². The number of nitrogens with zero attached hydrogens (tertiary/aromatic N) is 1. The van der Waals surface area contributed by atoms with Crippen molar-refractivity contribution in [3.05, 3.63) is 117 Å². The molecule has 1 aliphatic rings. The van der Waals surface area contributed by atoms with Crippen LogP contribution in [0.4, 0.5) is 21.5 Å². The Morgan fingerprint density at radius 2 is 1.54 bits per heavy atom. The summed E-state index contributed by atoms with van der Waals surface area (Å²) in [5.41, 5.74) is 2.66. The van der Waals surface area contributed by atoms with Crippen molar-refractivity contribution in [2.24, 2.45) is 0 Å². The standard InChI is InChI=1S/C28H20FN3O3S2/c1-17-4-12-21(13-5-17)32-27(34)24(30-19-8-6-18(29)7-9-19)25(28(32)35)37-22-14-10-20(11-15-22)31-26(33)23-3-2-16-36-23/h2-16,30H,1H3,(H,31,33). The maximum atomic E-state index is 13.5. The number of aryl methyl sites for hydroxylation is 1. The molecule has 0 spiro atoms. The van der Waals surface area contributed by atoms with Gasteiger partial charge in [0.05, 0.1) is 10.6 Å². The second kappa shape index (κ2) is 10.4. The SMILES string of the molecule is Cc1ccc(N2C(=O)C(Nc3ccc(F)cc3)=C(Sc3ccc(NC(=O)c4cccs4)cc3)C2=O)cc1. The van der Waals surface area contributed by atoms with E-state index >= 15 is 0 Å². The first-order valence-corrected chi connectivity index (χ1v) is 12.9. The van der Waals surface area contributed by atoms with Gasteiger partial charge in [0, 0.05) is 16.3 Å². The van der Waals surface area contributed by atoms with Gasteiger partial charge in [0.15, 0.2) is 0 Å². The Morgan fingerprint density at radius 3 is 2.19 bits per heavy atom. The third kappa shape index (κ3) is 5.32. The van der Waals surface area contributed by atoms with Gasteiger partial charge in [-0.15, -0.1) is 11.3 Å². The number of hydrogen-bond donors (Lipinski definition) is 2. The third-order valence-corrected chi connectivity index (χ3v) is 7.48. The van der Waals surface area contributed by atoms with Crippen molar-refractivity contribution in [3.8, 4) is 0 Å². The minimum atomic E-state index is -0.500. The summed E-state index contributed by atoms with van der Waals surface area (Å²) in [5.74, 6) is -1.57. The summed E-state index contributed by atoms with van der Waals surface area (Å²) in [6.07, 6.45) is 0. The normalized spacial score (nSPS) is 13.3. The first kappa shape index (κ1) is 24.5.